The van der Waals surface area contributed by atoms with Crippen molar-refractivity contribution in [1.29, 1.82) is 0 Å². The Morgan fingerprint density at radius 3 is 2.80 bits per heavy atom. The van der Waals surface area contributed by atoms with Crippen LogP contribution in [0.25, 0.3) is 0 Å². The Hall–Kier alpha value is -0.750. The van der Waals surface area contributed by atoms with E-state index in [9.17, 15) is 4.79 Å². The smallest absolute Gasteiger partial charge is 0.233 e. The van der Waals surface area contributed by atoms with Crippen LogP contribution in [0, 0.1) is 5.92 Å². The second-order valence-corrected chi connectivity index (χ2v) is 6.66. The number of thioether (sulfide) groups is 1. The third-order valence-corrected chi connectivity index (χ3v) is 4.77. The zero-order valence-corrected chi connectivity index (χ0v) is 13.0. The normalized spacial score (nSPS) is 25.1. The van der Waals surface area contributed by atoms with Gasteiger partial charge in [0.05, 0.1) is 18.4 Å². The van der Waals surface area contributed by atoms with E-state index in [0.29, 0.717) is 17.5 Å². The van der Waals surface area contributed by atoms with Crippen LogP contribution < -0.4 is 5.73 Å². The number of carbonyl (C=O) groups excluding carboxylic acids is 1. The minimum Gasteiger partial charge on any atom is -0.379 e. The van der Waals surface area contributed by atoms with Gasteiger partial charge in [-0.25, -0.2) is 0 Å². The maximum absolute atomic E-state index is 12.0. The van der Waals surface area contributed by atoms with Crippen LogP contribution in [-0.4, -0.2) is 54.1 Å². The number of carbonyl (C=O) groups is 1. The molecule has 2 aliphatic rings. The molecule has 0 aromatic carbocycles. The second-order valence-electron chi connectivity index (χ2n) is 5.67. The van der Waals surface area contributed by atoms with Gasteiger partial charge in [0.25, 0.3) is 0 Å². The highest BCUT2D eigenvalue weighted by Crippen LogP contribution is 2.17. The summed E-state index contributed by atoms with van der Waals surface area (Å²) in [5.41, 5.74) is 5.84. The molecule has 0 aromatic rings. The molecule has 0 aromatic heterocycles. The number of hydrogen-bond acceptors (Lipinski definition) is 4. The fraction of sp³-hybridized carbons (Fsp3) is 0.857. The Bertz CT molecular complexity index is 348. The average molecular weight is 299 g/mol. The van der Waals surface area contributed by atoms with Crippen molar-refractivity contribution in [3.8, 4) is 0 Å². The summed E-state index contributed by atoms with van der Waals surface area (Å²) in [7, 11) is 0. The highest BCUT2D eigenvalue weighted by molar-refractivity contribution is 8.14. The summed E-state index contributed by atoms with van der Waals surface area (Å²) < 4.78 is 5.49. The molecule has 1 amide bonds. The van der Waals surface area contributed by atoms with Crippen molar-refractivity contribution >= 4 is 22.8 Å². The fourth-order valence-electron chi connectivity index (χ4n) is 2.51. The van der Waals surface area contributed by atoms with E-state index in [1.54, 1.807) is 0 Å². The molecule has 0 aliphatic carbocycles. The summed E-state index contributed by atoms with van der Waals surface area (Å²) in [5, 5.41) is 0.499. The number of hydrogen-bond donors (Lipinski definition) is 1. The van der Waals surface area contributed by atoms with Gasteiger partial charge in [-0.3, -0.25) is 9.79 Å². The molecule has 0 radical (unpaired) electrons. The zero-order chi connectivity index (χ0) is 14.4. The molecular weight excluding hydrogens is 274 g/mol. The van der Waals surface area contributed by atoms with Gasteiger partial charge in [-0.2, -0.15) is 0 Å². The molecule has 2 fully saturated rings. The SMILES string of the molecule is CC1CCN(C(=O)CSC(N)=NC[C@H]2CCCO2)CC1. The summed E-state index contributed by atoms with van der Waals surface area (Å²) in [4.78, 5) is 18.3. The zero-order valence-electron chi connectivity index (χ0n) is 12.2. The number of aliphatic imine (C=N–C) groups is 1. The fourth-order valence-corrected chi connectivity index (χ4v) is 3.13. The summed E-state index contributed by atoms with van der Waals surface area (Å²) in [6.07, 6.45) is 4.61. The van der Waals surface area contributed by atoms with E-state index in [1.807, 2.05) is 4.90 Å². The quantitative estimate of drug-likeness (QED) is 0.630. The van der Waals surface area contributed by atoms with Gasteiger partial charge in [-0.05, 0) is 31.6 Å². The van der Waals surface area contributed by atoms with Crippen LogP contribution in [0.15, 0.2) is 4.99 Å². The number of amides is 1. The topological polar surface area (TPSA) is 67.9 Å². The van der Waals surface area contributed by atoms with Crippen LogP contribution >= 0.6 is 11.8 Å². The third kappa shape index (κ3) is 4.98. The Kier molecular flexibility index (Phi) is 6.16. The summed E-state index contributed by atoms with van der Waals surface area (Å²) >= 11 is 1.34. The van der Waals surface area contributed by atoms with E-state index in [-0.39, 0.29) is 12.0 Å². The molecular formula is C14H25N3O2S. The maximum atomic E-state index is 12.0. The first kappa shape index (κ1) is 15.6. The Balaban J connectivity index is 1.65. The summed E-state index contributed by atoms with van der Waals surface area (Å²) in [6, 6.07) is 0. The number of piperidine rings is 1. The lowest BCUT2D eigenvalue weighted by molar-refractivity contribution is -0.129. The van der Waals surface area contributed by atoms with Gasteiger partial charge in [0.1, 0.15) is 0 Å². The molecule has 2 heterocycles. The Morgan fingerprint density at radius 2 is 2.15 bits per heavy atom. The highest BCUT2D eigenvalue weighted by Gasteiger charge is 2.20. The van der Waals surface area contributed by atoms with Crippen molar-refractivity contribution in [2.75, 3.05) is 32.0 Å². The molecule has 6 heteroatoms. The largest absolute Gasteiger partial charge is 0.379 e. The molecule has 114 valence electrons. The van der Waals surface area contributed by atoms with E-state index in [4.69, 9.17) is 10.5 Å². The lowest BCUT2D eigenvalue weighted by atomic mass is 9.99. The predicted octanol–water partition coefficient (Wildman–Crippen LogP) is 1.47. The lowest BCUT2D eigenvalue weighted by Gasteiger charge is -2.30. The van der Waals surface area contributed by atoms with Crippen LogP contribution in [0.4, 0.5) is 0 Å². The molecule has 5 nitrogen and oxygen atoms in total. The van der Waals surface area contributed by atoms with Crippen LogP contribution in [0.1, 0.15) is 32.6 Å². The molecule has 20 heavy (non-hydrogen) atoms. The minimum atomic E-state index is 0.178. The van der Waals surface area contributed by atoms with Crippen molar-refractivity contribution in [3.63, 3.8) is 0 Å². The van der Waals surface area contributed by atoms with Gasteiger partial charge in [0.15, 0.2) is 5.17 Å². The first-order valence-corrected chi connectivity index (χ1v) is 8.46. The van der Waals surface area contributed by atoms with Gasteiger partial charge < -0.3 is 15.4 Å². The average Bonchev–Trinajstić information content (AvgIpc) is 2.96. The van der Waals surface area contributed by atoms with Crippen molar-refractivity contribution in [2.24, 2.45) is 16.6 Å². The van der Waals surface area contributed by atoms with Gasteiger partial charge in [-0.15, -0.1) is 0 Å². The molecule has 2 aliphatic heterocycles. The first-order chi connectivity index (χ1) is 9.65. The van der Waals surface area contributed by atoms with Crippen molar-refractivity contribution in [3.05, 3.63) is 0 Å². The Morgan fingerprint density at radius 1 is 1.40 bits per heavy atom. The molecule has 2 N–H and O–H groups in total. The monoisotopic (exact) mass is 299 g/mol. The standard InChI is InChI=1S/C14H25N3O2S/c1-11-4-6-17(7-5-11)13(18)10-20-14(15)16-9-12-3-2-8-19-12/h11-12H,2-10H2,1H3,(H2,15,16)/t12-/m1/s1. The number of likely N-dealkylation sites (tertiary alicyclic amines) is 1. The van der Waals surface area contributed by atoms with Gasteiger partial charge in [-0.1, -0.05) is 18.7 Å². The molecule has 2 rings (SSSR count). The van der Waals surface area contributed by atoms with Gasteiger partial charge in [0.2, 0.25) is 5.91 Å². The van der Waals surface area contributed by atoms with Crippen LogP contribution in [0.5, 0.6) is 0 Å². The highest BCUT2D eigenvalue weighted by atomic mass is 32.2. The molecule has 0 saturated carbocycles. The van der Waals surface area contributed by atoms with E-state index in [1.165, 1.54) is 11.8 Å². The van der Waals surface area contributed by atoms with E-state index < -0.39 is 0 Å². The number of rotatable bonds is 4. The minimum absolute atomic E-state index is 0.178. The maximum Gasteiger partial charge on any atom is 0.233 e. The molecule has 2 saturated heterocycles. The predicted molar refractivity (Wildman–Crippen MR) is 82.9 cm³/mol. The number of nitrogens with two attached hydrogens (primary N) is 1. The number of ether oxygens (including phenoxy) is 1. The van der Waals surface area contributed by atoms with E-state index in [0.717, 1.165) is 51.3 Å². The van der Waals surface area contributed by atoms with Crippen LogP contribution in [0.2, 0.25) is 0 Å². The molecule has 1 atom stereocenters. The number of amidine groups is 1. The molecule has 0 unspecified atom stereocenters. The molecule has 0 spiro atoms. The van der Waals surface area contributed by atoms with E-state index >= 15 is 0 Å². The lowest BCUT2D eigenvalue weighted by Crippen LogP contribution is -2.39. The van der Waals surface area contributed by atoms with Gasteiger partial charge >= 0.3 is 0 Å². The van der Waals surface area contributed by atoms with Crippen LogP contribution in [-0.2, 0) is 9.53 Å². The van der Waals surface area contributed by atoms with E-state index in [2.05, 4.69) is 11.9 Å². The third-order valence-electron chi connectivity index (χ3n) is 3.95. The number of nitrogens with zero attached hydrogens (tertiary/aromatic N) is 2. The van der Waals surface area contributed by atoms with Gasteiger partial charge in [0, 0.05) is 19.7 Å². The summed E-state index contributed by atoms with van der Waals surface area (Å²) in [5.74, 6) is 1.32. The molecule has 0 bridgehead atoms. The van der Waals surface area contributed by atoms with Crippen molar-refractivity contribution in [1.82, 2.24) is 4.90 Å². The second kappa shape index (κ2) is 7.88. The Labute approximate surface area is 125 Å². The van der Waals surface area contributed by atoms with Crippen molar-refractivity contribution < 1.29 is 9.53 Å². The summed E-state index contributed by atoms with van der Waals surface area (Å²) in [6.45, 7) is 5.46. The van der Waals surface area contributed by atoms with Crippen molar-refractivity contribution in [2.45, 2.75) is 38.7 Å². The van der Waals surface area contributed by atoms with Crippen LogP contribution in [0.3, 0.4) is 0 Å². The first-order valence-electron chi connectivity index (χ1n) is 7.47.